The number of hydrogen-bond acceptors (Lipinski definition) is 2. The minimum Gasteiger partial charge on any atom is -0.305 e. The third-order valence-electron chi connectivity index (χ3n) is 1.32. The fourth-order valence-corrected chi connectivity index (χ4v) is 0.723. The lowest BCUT2D eigenvalue weighted by Gasteiger charge is -2.05. The maximum Gasteiger partial charge on any atom is 0.0485 e. The summed E-state index contributed by atoms with van der Waals surface area (Å²) in [6.45, 7) is 8.01. The predicted octanol–water partition coefficient (Wildman–Crippen LogP) is 1.15. The third-order valence-corrected chi connectivity index (χ3v) is 1.32. The Morgan fingerprint density at radius 1 is 1.44 bits per heavy atom. The van der Waals surface area contributed by atoms with Crippen LogP contribution in [0.3, 0.4) is 0 Å². The van der Waals surface area contributed by atoms with E-state index in [1.165, 1.54) is 5.70 Å². The highest BCUT2D eigenvalue weighted by Crippen LogP contribution is 2.10. The topological polar surface area (TPSA) is 24.1 Å². The summed E-state index contributed by atoms with van der Waals surface area (Å²) in [7, 11) is 0. The van der Waals surface area contributed by atoms with Crippen LogP contribution in [0.1, 0.15) is 13.8 Å². The average molecular weight is 124 g/mol. The molecule has 0 bridgehead atoms. The quantitative estimate of drug-likeness (QED) is 0.548. The van der Waals surface area contributed by atoms with Gasteiger partial charge in [0.2, 0.25) is 0 Å². The van der Waals surface area contributed by atoms with Crippen LogP contribution in [0.5, 0.6) is 0 Å². The Hall–Kier alpha value is -0.920. The van der Waals surface area contributed by atoms with E-state index in [-0.39, 0.29) is 0 Å². The van der Waals surface area contributed by atoms with Crippen LogP contribution in [0, 0.1) is 5.92 Å². The van der Waals surface area contributed by atoms with Crippen LogP contribution in [0.15, 0.2) is 24.0 Å². The Morgan fingerprint density at radius 2 is 2.11 bits per heavy atom. The maximum absolute atomic E-state index is 3.74. The molecule has 0 radical (unpaired) electrons. The molecular weight excluding hydrogens is 112 g/mol. The van der Waals surface area contributed by atoms with Gasteiger partial charge in [-0.1, -0.05) is 20.4 Å². The molecule has 0 unspecified atom stereocenters. The number of allylic oxidation sites excluding steroid dienone is 2. The van der Waals surface area contributed by atoms with E-state index in [4.69, 9.17) is 0 Å². The van der Waals surface area contributed by atoms with E-state index in [1.807, 2.05) is 6.08 Å². The first-order chi connectivity index (χ1) is 4.20. The Morgan fingerprint density at radius 3 is 2.33 bits per heavy atom. The Bertz CT molecular complexity index is 156. The first-order valence-corrected chi connectivity index (χ1v) is 3.12. The van der Waals surface area contributed by atoms with Gasteiger partial charge in [0, 0.05) is 11.4 Å². The summed E-state index contributed by atoms with van der Waals surface area (Å²) in [5, 5.41) is 0. The van der Waals surface area contributed by atoms with E-state index in [2.05, 4.69) is 31.3 Å². The molecule has 50 valence electrons. The molecule has 2 nitrogen and oxygen atoms in total. The van der Waals surface area contributed by atoms with Crippen LogP contribution in [-0.2, 0) is 0 Å². The molecule has 0 saturated carbocycles. The molecule has 0 atom stereocenters. The van der Waals surface area contributed by atoms with Crippen molar-refractivity contribution < 1.29 is 0 Å². The summed E-state index contributed by atoms with van der Waals surface area (Å²) < 4.78 is 0. The standard InChI is InChI=1S/C7H12N2/c1-5(2)7-4-6(3)8-9-7/h4-5,8-9H,3H2,1-2H3. The van der Waals surface area contributed by atoms with Crippen molar-refractivity contribution in [3.63, 3.8) is 0 Å². The molecule has 0 saturated heterocycles. The Balaban J connectivity index is 2.62. The molecule has 0 fully saturated rings. The van der Waals surface area contributed by atoms with Gasteiger partial charge < -0.3 is 10.9 Å². The van der Waals surface area contributed by atoms with E-state index in [1.54, 1.807) is 0 Å². The van der Waals surface area contributed by atoms with Crippen molar-refractivity contribution in [2.24, 2.45) is 5.92 Å². The summed E-state index contributed by atoms with van der Waals surface area (Å²) in [4.78, 5) is 0. The summed E-state index contributed by atoms with van der Waals surface area (Å²) in [6.07, 6.45) is 2.02. The number of hydrogen-bond donors (Lipinski definition) is 2. The molecule has 0 amide bonds. The SMILES string of the molecule is C=C1C=C(C(C)C)NN1. The van der Waals surface area contributed by atoms with Gasteiger partial charge in [-0.05, 0) is 12.0 Å². The highest BCUT2D eigenvalue weighted by atomic mass is 15.4. The molecule has 1 heterocycles. The summed E-state index contributed by atoms with van der Waals surface area (Å²) in [5.74, 6) is 0.553. The summed E-state index contributed by atoms with van der Waals surface area (Å²) in [5.41, 5.74) is 8.08. The van der Waals surface area contributed by atoms with Crippen molar-refractivity contribution >= 4 is 0 Å². The molecule has 1 aliphatic heterocycles. The van der Waals surface area contributed by atoms with Gasteiger partial charge in [-0.3, -0.25) is 0 Å². The van der Waals surface area contributed by atoms with Crippen LogP contribution in [0.25, 0.3) is 0 Å². The first-order valence-electron chi connectivity index (χ1n) is 3.12. The molecule has 1 aliphatic rings. The van der Waals surface area contributed by atoms with E-state index < -0.39 is 0 Å². The van der Waals surface area contributed by atoms with Crippen LogP contribution in [0.4, 0.5) is 0 Å². The number of nitrogens with one attached hydrogen (secondary N) is 2. The largest absolute Gasteiger partial charge is 0.305 e. The second-order valence-corrected chi connectivity index (χ2v) is 2.53. The zero-order valence-electron chi connectivity index (χ0n) is 5.86. The van der Waals surface area contributed by atoms with Crippen molar-refractivity contribution in [2.75, 3.05) is 0 Å². The molecule has 0 spiro atoms. The van der Waals surface area contributed by atoms with Crippen LogP contribution in [-0.4, -0.2) is 0 Å². The molecule has 0 aromatic rings. The second kappa shape index (κ2) is 2.13. The highest BCUT2D eigenvalue weighted by molar-refractivity contribution is 5.24. The van der Waals surface area contributed by atoms with Crippen LogP contribution >= 0.6 is 0 Å². The minimum absolute atomic E-state index is 0.553. The summed E-state index contributed by atoms with van der Waals surface area (Å²) >= 11 is 0. The Kier molecular flexibility index (Phi) is 1.47. The first kappa shape index (κ1) is 6.20. The lowest BCUT2D eigenvalue weighted by atomic mass is 10.1. The minimum atomic E-state index is 0.553. The van der Waals surface area contributed by atoms with Crippen LogP contribution in [0.2, 0.25) is 0 Å². The molecule has 0 aromatic heterocycles. The zero-order valence-corrected chi connectivity index (χ0v) is 5.86. The molecule has 2 heteroatoms. The van der Waals surface area contributed by atoms with Gasteiger partial charge in [0.25, 0.3) is 0 Å². The molecule has 0 aromatic carbocycles. The van der Waals surface area contributed by atoms with Gasteiger partial charge in [-0.15, -0.1) is 0 Å². The van der Waals surface area contributed by atoms with Gasteiger partial charge in [-0.2, -0.15) is 0 Å². The second-order valence-electron chi connectivity index (χ2n) is 2.53. The Labute approximate surface area is 55.6 Å². The van der Waals surface area contributed by atoms with E-state index >= 15 is 0 Å². The van der Waals surface area contributed by atoms with Crippen molar-refractivity contribution in [3.05, 3.63) is 24.0 Å². The van der Waals surface area contributed by atoms with E-state index in [9.17, 15) is 0 Å². The number of rotatable bonds is 1. The predicted molar refractivity (Wildman–Crippen MR) is 38.3 cm³/mol. The molecule has 2 N–H and O–H groups in total. The summed E-state index contributed by atoms with van der Waals surface area (Å²) in [6, 6.07) is 0. The number of hydrazine groups is 1. The zero-order chi connectivity index (χ0) is 6.85. The fraction of sp³-hybridized carbons (Fsp3) is 0.429. The van der Waals surface area contributed by atoms with E-state index in [0.29, 0.717) is 5.92 Å². The lowest BCUT2D eigenvalue weighted by molar-refractivity contribution is 0.637. The van der Waals surface area contributed by atoms with Gasteiger partial charge in [-0.25, -0.2) is 0 Å². The molecule has 1 rings (SSSR count). The van der Waals surface area contributed by atoms with Crippen molar-refractivity contribution in [1.29, 1.82) is 0 Å². The van der Waals surface area contributed by atoms with Gasteiger partial charge >= 0.3 is 0 Å². The van der Waals surface area contributed by atoms with Gasteiger partial charge in [0.1, 0.15) is 0 Å². The third kappa shape index (κ3) is 1.25. The lowest BCUT2D eigenvalue weighted by Crippen LogP contribution is -2.24. The molecule has 0 aliphatic carbocycles. The molecular formula is C7H12N2. The van der Waals surface area contributed by atoms with Crippen molar-refractivity contribution in [1.82, 2.24) is 10.9 Å². The maximum atomic E-state index is 3.74. The van der Waals surface area contributed by atoms with Gasteiger partial charge in [0.15, 0.2) is 0 Å². The van der Waals surface area contributed by atoms with Gasteiger partial charge in [0.05, 0.1) is 0 Å². The smallest absolute Gasteiger partial charge is 0.0485 e. The van der Waals surface area contributed by atoms with E-state index in [0.717, 1.165) is 5.70 Å². The van der Waals surface area contributed by atoms with Crippen molar-refractivity contribution in [3.8, 4) is 0 Å². The normalized spacial score (nSPS) is 17.2. The monoisotopic (exact) mass is 124 g/mol. The fourth-order valence-electron chi connectivity index (χ4n) is 0.723. The van der Waals surface area contributed by atoms with Crippen LogP contribution < -0.4 is 10.9 Å². The average Bonchev–Trinajstić information content (AvgIpc) is 2.14. The molecule has 9 heavy (non-hydrogen) atoms. The van der Waals surface area contributed by atoms with Crippen molar-refractivity contribution in [2.45, 2.75) is 13.8 Å². The highest BCUT2D eigenvalue weighted by Gasteiger charge is 2.07.